The van der Waals surface area contributed by atoms with Crippen LogP contribution in [0.5, 0.6) is 0 Å². The number of piperidine rings is 1. The fourth-order valence-corrected chi connectivity index (χ4v) is 4.18. The minimum absolute atomic E-state index is 0.195. The second-order valence-corrected chi connectivity index (χ2v) is 8.11. The molecule has 1 N–H and O–H groups in total. The van der Waals surface area contributed by atoms with Crippen LogP contribution >= 0.6 is 11.3 Å². The number of rotatable bonds is 5. The molecule has 146 valence electrons. The van der Waals surface area contributed by atoms with Crippen molar-refractivity contribution in [2.45, 2.75) is 26.3 Å². The summed E-state index contributed by atoms with van der Waals surface area (Å²) in [6, 6.07) is 9.26. The molecular weight excluding hydrogens is 377 g/mol. The number of hydrogen-bond acceptors (Lipinski definition) is 5. The Labute approximate surface area is 167 Å². The Hall–Kier alpha value is -2.51. The second kappa shape index (κ2) is 8.24. The van der Waals surface area contributed by atoms with Crippen LogP contribution in [0, 0.1) is 11.7 Å². The van der Waals surface area contributed by atoms with E-state index in [4.69, 9.17) is 4.42 Å². The maximum absolute atomic E-state index is 13.0. The van der Waals surface area contributed by atoms with Gasteiger partial charge in [0.25, 0.3) is 5.91 Å². The van der Waals surface area contributed by atoms with Gasteiger partial charge in [0.2, 0.25) is 0 Å². The number of likely N-dealkylation sites (tertiary alicyclic amines) is 1. The molecule has 1 aliphatic heterocycles. The Morgan fingerprint density at radius 2 is 2.14 bits per heavy atom. The first-order chi connectivity index (χ1) is 13.6. The summed E-state index contributed by atoms with van der Waals surface area (Å²) in [6.07, 6.45) is 2.52. The molecule has 1 saturated heterocycles. The first-order valence-corrected chi connectivity index (χ1v) is 10.3. The van der Waals surface area contributed by atoms with Crippen molar-refractivity contribution in [3.05, 3.63) is 59.0 Å². The van der Waals surface area contributed by atoms with E-state index in [0.29, 0.717) is 16.5 Å². The average Bonchev–Trinajstić information content (AvgIpc) is 3.32. The van der Waals surface area contributed by atoms with Gasteiger partial charge in [-0.15, -0.1) is 11.3 Å². The Morgan fingerprint density at radius 1 is 1.32 bits per heavy atom. The highest BCUT2D eigenvalue weighted by atomic mass is 32.1. The lowest BCUT2D eigenvalue weighted by molar-refractivity contribution is 0.0997. The molecule has 1 fully saturated rings. The number of thiazole rings is 1. The van der Waals surface area contributed by atoms with E-state index in [1.807, 2.05) is 5.38 Å². The average molecular weight is 399 g/mol. The molecule has 3 heterocycles. The van der Waals surface area contributed by atoms with Crippen LogP contribution in [-0.4, -0.2) is 28.9 Å². The van der Waals surface area contributed by atoms with Gasteiger partial charge in [-0.25, -0.2) is 9.37 Å². The normalized spacial score (nSPS) is 17.6. The fraction of sp³-hybridized carbons (Fsp3) is 0.333. The van der Waals surface area contributed by atoms with Crippen LogP contribution in [-0.2, 0) is 6.54 Å². The number of halogens is 1. The number of aromatic nitrogens is 1. The number of hydrogen-bond donors (Lipinski definition) is 1. The van der Waals surface area contributed by atoms with Crippen molar-refractivity contribution in [3.8, 4) is 11.3 Å². The summed E-state index contributed by atoms with van der Waals surface area (Å²) < 4.78 is 18.7. The number of carbonyl (C=O) groups is 1. The van der Waals surface area contributed by atoms with E-state index in [-0.39, 0.29) is 17.5 Å². The zero-order chi connectivity index (χ0) is 19.5. The summed E-state index contributed by atoms with van der Waals surface area (Å²) >= 11 is 1.41. The van der Waals surface area contributed by atoms with Crippen molar-refractivity contribution >= 4 is 22.4 Å². The fourth-order valence-electron chi connectivity index (χ4n) is 3.48. The van der Waals surface area contributed by atoms with E-state index in [2.05, 4.69) is 22.1 Å². The molecule has 2 aromatic heterocycles. The molecule has 0 bridgehead atoms. The number of benzene rings is 1. The monoisotopic (exact) mass is 399 g/mol. The lowest BCUT2D eigenvalue weighted by Gasteiger charge is -2.30. The van der Waals surface area contributed by atoms with E-state index >= 15 is 0 Å². The first-order valence-electron chi connectivity index (χ1n) is 9.41. The third kappa shape index (κ3) is 4.48. The van der Waals surface area contributed by atoms with Crippen molar-refractivity contribution in [2.75, 3.05) is 18.4 Å². The Balaban J connectivity index is 1.37. The van der Waals surface area contributed by atoms with E-state index in [1.165, 1.54) is 36.3 Å². The van der Waals surface area contributed by atoms with Gasteiger partial charge in [-0.2, -0.15) is 0 Å². The predicted molar refractivity (Wildman–Crippen MR) is 108 cm³/mol. The quantitative estimate of drug-likeness (QED) is 0.654. The van der Waals surface area contributed by atoms with E-state index < -0.39 is 0 Å². The van der Waals surface area contributed by atoms with Gasteiger partial charge in [0.05, 0.1) is 5.69 Å². The molecule has 0 saturated carbocycles. The highest BCUT2D eigenvalue weighted by Crippen LogP contribution is 2.24. The van der Waals surface area contributed by atoms with Crippen LogP contribution in [0.3, 0.4) is 0 Å². The largest absolute Gasteiger partial charge is 0.451 e. The molecule has 1 aliphatic rings. The van der Waals surface area contributed by atoms with Crippen molar-refractivity contribution < 1.29 is 13.6 Å². The van der Waals surface area contributed by atoms with Crippen LogP contribution in [0.2, 0.25) is 0 Å². The summed E-state index contributed by atoms with van der Waals surface area (Å²) in [4.78, 5) is 19.4. The van der Waals surface area contributed by atoms with Crippen LogP contribution in [0.1, 0.15) is 36.0 Å². The molecule has 5 nitrogen and oxygen atoms in total. The van der Waals surface area contributed by atoms with Crippen LogP contribution in [0.15, 0.2) is 46.2 Å². The van der Waals surface area contributed by atoms with Crippen LogP contribution in [0.4, 0.5) is 9.52 Å². The van der Waals surface area contributed by atoms with Crippen molar-refractivity contribution in [2.24, 2.45) is 5.92 Å². The van der Waals surface area contributed by atoms with Crippen LogP contribution in [0.25, 0.3) is 11.3 Å². The van der Waals surface area contributed by atoms with Gasteiger partial charge in [-0.05, 0) is 61.7 Å². The molecule has 1 unspecified atom stereocenters. The van der Waals surface area contributed by atoms with E-state index in [9.17, 15) is 9.18 Å². The molecule has 0 aliphatic carbocycles. The Bertz CT molecular complexity index is 951. The molecule has 3 aromatic rings. The molecule has 1 aromatic carbocycles. The lowest BCUT2D eigenvalue weighted by Crippen LogP contribution is -2.33. The summed E-state index contributed by atoms with van der Waals surface area (Å²) in [5.41, 5.74) is 1.69. The van der Waals surface area contributed by atoms with Crippen molar-refractivity contribution in [1.82, 2.24) is 9.88 Å². The van der Waals surface area contributed by atoms with Gasteiger partial charge >= 0.3 is 0 Å². The predicted octanol–water partition coefficient (Wildman–Crippen LogP) is 5.03. The zero-order valence-electron chi connectivity index (χ0n) is 15.7. The smallest absolute Gasteiger partial charge is 0.293 e. The third-order valence-corrected chi connectivity index (χ3v) is 5.66. The minimum Gasteiger partial charge on any atom is -0.451 e. The van der Waals surface area contributed by atoms with E-state index in [0.717, 1.165) is 31.2 Å². The molecule has 28 heavy (non-hydrogen) atoms. The molecule has 0 radical (unpaired) electrons. The number of furan rings is 1. The standard InChI is InChI=1S/C21H22FN3O2S/c1-14-3-2-10-25(11-14)12-17-13-28-21(23-17)24-20(26)19-9-8-18(27-19)15-4-6-16(22)7-5-15/h4-9,13-14H,2-3,10-12H2,1H3,(H,23,24,26). The van der Waals surface area contributed by atoms with Gasteiger partial charge in [-0.1, -0.05) is 6.92 Å². The summed E-state index contributed by atoms with van der Waals surface area (Å²) in [5.74, 6) is 0.777. The SMILES string of the molecule is CC1CCCN(Cc2csc(NC(=O)c3ccc(-c4ccc(F)cc4)o3)n2)C1. The summed E-state index contributed by atoms with van der Waals surface area (Å²) in [6.45, 7) is 5.29. The van der Waals surface area contributed by atoms with Gasteiger partial charge in [-0.3, -0.25) is 15.0 Å². The number of amides is 1. The van der Waals surface area contributed by atoms with E-state index in [1.54, 1.807) is 24.3 Å². The molecule has 0 spiro atoms. The first kappa shape index (κ1) is 18.8. The third-order valence-electron chi connectivity index (χ3n) is 4.86. The molecule has 1 amide bonds. The summed E-state index contributed by atoms with van der Waals surface area (Å²) in [7, 11) is 0. The number of carbonyl (C=O) groups excluding carboxylic acids is 1. The van der Waals surface area contributed by atoms with Gasteiger partial charge < -0.3 is 4.42 Å². The molecular formula is C21H22FN3O2S. The zero-order valence-corrected chi connectivity index (χ0v) is 16.5. The lowest BCUT2D eigenvalue weighted by atomic mass is 10.0. The van der Waals surface area contributed by atoms with Crippen molar-refractivity contribution in [1.29, 1.82) is 0 Å². The Morgan fingerprint density at radius 3 is 2.93 bits per heavy atom. The Kier molecular flexibility index (Phi) is 5.54. The molecule has 4 rings (SSSR count). The highest BCUT2D eigenvalue weighted by Gasteiger charge is 2.18. The number of nitrogens with one attached hydrogen (secondary N) is 1. The van der Waals surface area contributed by atoms with Gasteiger partial charge in [0.15, 0.2) is 10.9 Å². The highest BCUT2D eigenvalue weighted by molar-refractivity contribution is 7.13. The van der Waals surface area contributed by atoms with Gasteiger partial charge in [0, 0.05) is 24.0 Å². The molecule has 1 atom stereocenters. The molecule has 7 heteroatoms. The minimum atomic E-state index is -0.346. The second-order valence-electron chi connectivity index (χ2n) is 7.25. The number of nitrogens with zero attached hydrogens (tertiary/aromatic N) is 2. The van der Waals surface area contributed by atoms with Crippen molar-refractivity contribution in [3.63, 3.8) is 0 Å². The maximum Gasteiger partial charge on any atom is 0.293 e. The van der Waals surface area contributed by atoms with Gasteiger partial charge in [0.1, 0.15) is 11.6 Å². The summed E-state index contributed by atoms with van der Waals surface area (Å²) in [5, 5.41) is 5.34. The topological polar surface area (TPSA) is 58.4 Å². The number of anilines is 1. The van der Waals surface area contributed by atoms with Crippen LogP contribution < -0.4 is 5.32 Å². The maximum atomic E-state index is 13.0.